The van der Waals surface area contributed by atoms with E-state index in [1.165, 1.54) is 5.56 Å². The first-order valence-corrected chi connectivity index (χ1v) is 9.50. The second-order valence-electron chi connectivity index (χ2n) is 6.00. The lowest BCUT2D eigenvalue weighted by Crippen LogP contribution is -2.68. The molecule has 2 aromatic heterocycles. The number of fused-ring (bicyclic) bond motifs is 1. The summed E-state index contributed by atoms with van der Waals surface area (Å²) in [4.78, 5) is 4.70. The highest BCUT2D eigenvalue weighted by atomic mass is 35.7. The fourth-order valence-electron chi connectivity index (χ4n) is 2.71. The van der Waals surface area contributed by atoms with E-state index in [0.29, 0.717) is 0 Å². The SMILES string of the molecule is Cc1cc(-c2ccccc2)nc2nn(Cc3ccccc3)c[n+]12.[O-][Cl+3]([O-])([O-])[O-]. The summed E-state index contributed by atoms with van der Waals surface area (Å²) in [5.41, 5.74) is 4.40. The smallest absolute Gasteiger partial charge is 0.222 e. The van der Waals surface area contributed by atoms with Gasteiger partial charge in [-0.25, -0.2) is 18.6 Å². The molecule has 144 valence electrons. The van der Waals surface area contributed by atoms with Gasteiger partial charge < -0.3 is 0 Å². The molecule has 9 heteroatoms. The van der Waals surface area contributed by atoms with Crippen molar-refractivity contribution < 1.29 is 33.3 Å². The van der Waals surface area contributed by atoms with Crippen LogP contribution in [0.15, 0.2) is 73.1 Å². The molecule has 0 amide bonds. The van der Waals surface area contributed by atoms with Crippen molar-refractivity contribution in [2.24, 2.45) is 0 Å². The van der Waals surface area contributed by atoms with Gasteiger partial charge in [0.25, 0.3) is 0 Å². The number of hydrogen-bond acceptors (Lipinski definition) is 6. The third-order valence-corrected chi connectivity index (χ3v) is 3.89. The van der Waals surface area contributed by atoms with Gasteiger partial charge in [-0.2, -0.15) is 4.40 Å². The van der Waals surface area contributed by atoms with E-state index in [-0.39, 0.29) is 0 Å². The van der Waals surface area contributed by atoms with E-state index in [2.05, 4.69) is 42.4 Å². The molecule has 4 rings (SSSR count). The van der Waals surface area contributed by atoms with Crippen molar-refractivity contribution in [3.05, 3.63) is 84.3 Å². The largest absolute Gasteiger partial charge is 0.419 e. The monoisotopic (exact) mass is 400 g/mol. The number of halogens is 1. The molecule has 0 N–H and O–H groups in total. The van der Waals surface area contributed by atoms with Crippen LogP contribution in [0.1, 0.15) is 11.3 Å². The average molecular weight is 401 g/mol. The summed E-state index contributed by atoms with van der Waals surface area (Å²) in [6, 6.07) is 22.6. The summed E-state index contributed by atoms with van der Waals surface area (Å²) < 4.78 is 37.9. The van der Waals surface area contributed by atoms with Gasteiger partial charge in [0.2, 0.25) is 0 Å². The van der Waals surface area contributed by atoms with Crippen molar-refractivity contribution in [2.45, 2.75) is 13.5 Å². The van der Waals surface area contributed by atoms with Crippen molar-refractivity contribution in [3.63, 3.8) is 0 Å². The predicted octanol–water partition coefficient (Wildman–Crippen LogP) is -1.72. The topological polar surface area (TPSA) is 127 Å². The molecule has 0 aliphatic rings. The highest BCUT2D eigenvalue weighted by Gasteiger charge is 2.15. The fraction of sp³-hybridized carbons (Fsp3) is 0.105. The highest BCUT2D eigenvalue weighted by Crippen LogP contribution is 2.16. The Bertz CT molecular complexity index is 1040. The van der Waals surface area contributed by atoms with Gasteiger partial charge in [-0.05, 0) is 12.5 Å². The van der Waals surface area contributed by atoms with Crippen LogP contribution in [0, 0.1) is 17.2 Å². The van der Waals surface area contributed by atoms with E-state index in [1.807, 2.05) is 51.8 Å². The molecule has 2 heterocycles. The van der Waals surface area contributed by atoms with Crippen LogP contribution in [0.2, 0.25) is 0 Å². The average Bonchev–Trinajstić information content (AvgIpc) is 3.05. The number of aryl methyl sites for hydroxylation is 1. The Balaban J connectivity index is 0.000000403. The molecule has 0 radical (unpaired) electrons. The van der Waals surface area contributed by atoms with Crippen molar-refractivity contribution in [3.8, 4) is 11.3 Å². The van der Waals surface area contributed by atoms with E-state index in [1.54, 1.807) is 0 Å². The lowest BCUT2D eigenvalue weighted by atomic mass is 10.1. The maximum Gasteiger partial charge on any atom is 0.419 e. The third-order valence-electron chi connectivity index (χ3n) is 3.89. The summed E-state index contributed by atoms with van der Waals surface area (Å²) in [5.74, 6) is 0.722. The second-order valence-corrected chi connectivity index (χ2v) is 6.75. The molecule has 0 fully saturated rings. The van der Waals surface area contributed by atoms with Gasteiger partial charge in [-0.1, -0.05) is 60.7 Å². The zero-order chi connectivity index (χ0) is 20.1. The molecule has 0 saturated carbocycles. The van der Waals surface area contributed by atoms with Gasteiger partial charge in [0.15, 0.2) is 6.33 Å². The first kappa shape index (κ1) is 19.9. The van der Waals surface area contributed by atoms with Crippen LogP contribution in [0.5, 0.6) is 0 Å². The van der Waals surface area contributed by atoms with Gasteiger partial charge in [-0.3, -0.25) is 0 Å². The van der Waals surface area contributed by atoms with E-state index in [9.17, 15) is 0 Å². The molecule has 0 aliphatic carbocycles. The molecule has 2 aromatic carbocycles. The Morgan fingerprint density at radius 2 is 1.50 bits per heavy atom. The molecule has 0 spiro atoms. The predicted molar refractivity (Wildman–Crippen MR) is 88.9 cm³/mol. The zero-order valence-corrected chi connectivity index (χ0v) is 15.7. The third kappa shape index (κ3) is 5.56. The highest BCUT2D eigenvalue weighted by molar-refractivity contribution is 5.59. The van der Waals surface area contributed by atoms with Gasteiger partial charge in [0.1, 0.15) is 12.2 Å². The summed E-state index contributed by atoms with van der Waals surface area (Å²) in [5, 5.41) is 4.62. The van der Waals surface area contributed by atoms with Gasteiger partial charge >= 0.3 is 5.78 Å². The normalized spacial score (nSPS) is 11.2. The Kier molecular flexibility index (Phi) is 5.98. The standard InChI is InChI=1S/C19H17N4.ClHO4/c1-15-12-18(17-10-6-3-7-11-17)20-19-21-22(14-23(15)19)13-16-8-4-2-5-9-16;2-1(3,4)5/h2-12,14H,13H2,1H3;(H,2,3,4,5)/q+1;/p-1. The van der Waals surface area contributed by atoms with Gasteiger partial charge in [-0.15, -0.1) is 19.9 Å². The van der Waals surface area contributed by atoms with Gasteiger partial charge in [0.05, 0.1) is 5.69 Å². The quantitative estimate of drug-likeness (QED) is 0.376. The molecule has 0 bridgehead atoms. The van der Waals surface area contributed by atoms with Crippen molar-refractivity contribution in [1.82, 2.24) is 14.8 Å². The van der Waals surface area contributed by atoms with Crippen molar-refractivity contribution in [2.75, 3.05) is 0 Å². The molecule has 8 nitrogen and oxygen atoms in total. The van der Waals surface area contributed by atoms with E-state index in [4.69, 9.17) is 23.6 Å². The summed E-state index contributed by atoms with van der Waals surface area (Å²) in [7, 11) is -4.94. The molecule has 4 aromatic rings. The first-order chi connectivity index (χ1) is 13.3. The number of aromatic nitrogens is 4. The molecular weight excluding hydrogens is 384 g/mol. The Labute approximate surface area is 163 Å². The second kappa shape index (κ2) is 8.42. The lowest BCUT2D eigenvalue weighted by Gasteiger charge is -2.17. The Morgan fingerprint density at radius 3 is 2.11 bits per heavy atom. The fourth-order valence-corrected chi connectivity index (χ4v) is 2.71. The number of hydrogen-bond donors (Lipinski definition) is 0. The van der Waals surface area contributed by atoms with Crippen LogP contribution in [-0.4, -0.2) is 14.8 Å². The van der Waals surface area contributed by atoms with Crippen molar-refractivity contribution >= 4 is 5.78 Å². The van der Waals surface area contributed by atoms with Crippen LogP contribution < -0.4 is 23.0 Å². The summed E-state index contributed by atoms with van der Waals surface area (Å²) in [6.45, 7) is 2.82. The van der Waals surface area contributed by atoms with Gasteiger partial charge in [0, 0.05) is 16.7 Å². The Hall–Kier alpha value is -2.88. The van der Waals surface area contributed by atoms with E-state index >= 15 is 0 Å². The molecule has 0 aliphatic heterocycles. The minimum Gasteiger partial charge on any atom is -0.222 e. The van der Waals surface area contributed by atoms with Crippen LogP contribution in [0.3, 0.4) is 0 Å². The van der Waals surface area contributed by atoms with E-state index in [0.717, 1.165) is 29.3 Å². The maximum atomic E-state index is 8.49. The number of benzene rings is 2. The first-order valence-electron chi connectivity index (χ1n) is 8.27. The van der Waals surface area contributed by atoms with Crippen LogP contribution in [0.25, 0.3) is 17.0 Å². The molecular formula is C19H17ClN4O4. The molecule has 28 heavy (non-hydrogen) atoms. The maximum absolute atomic E-state index is 8.49. The zero-order valence-electron chi connectivity index (χ0n) is 14.9. The minimum absolute atomic E-state index is 0.722. The molecule has 0 unspecified atom stereocenters. The van der Waals surface area contributed by atoms with Crippen LogP contribution in [-0.2, 0) is 6.54 Å². The van der Waals surface area contributed by atoms with Crippen molar-refractivity contribution in [1.29, 1.82) is 0 Å². The Morgan fingerprint density at radius 1 is 0.929 bits per heavy atom. The van der Waals surface area contributed by atoms with Crippen LogP contribution in [0.4, 0.5) is 0 Å². The minimum atomic E-state index is -4.94. The summed E-state index contributed by atoms with van der Waals surface area (Å²) >= 11 is 0. The summed E-state index contributed by atoms with van der Waals surface area (Å²) in [6.07, 6.45) is 2.00. The lowest BCUT2D eigenvalue weighted by molar-refractivity contribution is -2.00. The van der Waals surface area contributed by atoms with E-state index < -0.39 is 10.2 Å². The number of rotatable bonds is 3. The number of nitrogens with zero attached hydrogens (tertiary/aromatic N) is 4. The molecule has 0 saturated heterocycles. The molecule has 0 atom stereocenters. The van der Waals surface area contributed by atoms with Crippen LogP contribution >= 0.6 is 0 Å².